The van der Waals surface area contributed by atoms with Crippen molar-refractivity contribution in [2.24, 2.45) is 25.9 Å². The van der Waals surface area contributed by atoms with Gasteiger partial charge < -0.3 is 38.0 Å². The van der Waals surface area contributed by atoms with Crippen LogP contribution in [0.15, 0.2) is 122 Å². The summed E-state index contributed by atoms with van der Waals surface area (Å²) in [5, 5.41) is 23.2. The van der Waals surface area contributed by atoms with Gasteiger partial charge in [-0.15, -0.1) is 0 Å². The standard InChI is InChI=1S/2C31H33FN4O2/c2*1-19-28(35(4)18-34-19)22-16-25-27(33-17-22)23-10-11-24(31(2,3)37)26(32)30(23)36(25)29(20-8-6-5-7-9-20)21-12-14-38-15-13-21/h2*5-11,16-18,21,29,37H,12-15H2,1-4H3. The third kappa shape index (κ3) is 9.08. The van der Waals surface area contributed by atoms with Crippen LogP contribution in [0.2, 0.25) is 0 Å². The van der Waals surface area contributed by atoms with Gasteiger partial charge in [-0.1, -0.05) is 84.9 Å². The average molecular weight is 1030 g/mol. The Kier molecular flexibility index (Phi) is 13.5. The van der Waals surface area contributed by atoms with Crippen LogP contribution in [0.1, 0.15) is 99.1 Å². The summed E-state index contributed by atoms with van der Waals surface area (Å²) in [5.41, 5.74) is 9.97. The highest BCUT2D eigenvalue weighted by molar-refractivity contribution is 6.08. The van der Waals surface area contributed by atoms with Crippen molar-refractivity contribution in [3.63, 3.8) is 0 Å². The Balaban J connectivity index is 0.000000162. The van der Waals surface area contributed by atoms with Crippen molar-refractivity contribution in [2.75, 3.05) is 26.4 Å². The van der Waals surface area contributed by atoms with Crippen LogP contribution in [-0.4, -0.2) is 74.8 Å². The van der Waals surface area contributed by atoms with E-state index in [1.165, 1.54) is 0 Å². The van der Waals surface area contributed by atoms with E-state index in [-0.39, 0.29) is 35.0 Å². The van der Waals surface area contributed by atoms with Crippen LogP contribution in [0.25, 0.3) is 66.4 Å². The van der Waals surface area contributed by atoms with Gasteiger partial charge >= 0.3 is 0 Å². The molecule has 76 heavy (non-hydrogen) atoms. The Morgan fingerprint density at radius 2 is 0.908 bits per heavy atom. The van der Waals surface area contributed by atoms with Crippen LogP contribution < -0.4 is 0 Å². The number of fused-ring (bicyclic) bond motifs is 6. The number of hydrogen-bond donors (Lipinski definition) is 2. The summed E-state index contributed by atoms with van der Waals surface area (Å²) >= 11 is 0. The molecule has 2 aliphatic rings. The summed E-state index contributed by atoms with van der Waals surface area (Å²) in [6.45, 7) is 13.2. The maximum atomic E-state index is 16.6. The van der Waals surface area contributed by atoms with E-state index in [1.54, 1.807) is 52.5 Å². The molecular weight excluding hydrogens is 959 g/mol. The fraction of sp³-hybridized carbons (Fsp3) is 0.355. The second-order valence-electron chi connectivity index (χ2n) is 21.9. The number of rotatable bonds is 10. The molecule has 0 bridgehead atoms. The first kappa shape index (κ1) is 51.0. The lowest BCUT2D eigenvalue weighted by molar-refractivity contribution is 0.0550. The lowest BCUT2D eigenvalue weighted by Gasteiger charge is -2.33. The number of pyridine rings is 2. The molecule has 0 saturated carbocycles. The predicted molar refractivity (Wildman–Crippen MR) is 295 cm³/mol. The highest BCUT2D eigenvalue weighted by Crippen LogP contribution is 2.46. The summed E-state index contributed by atoms with van der Waals surface area (Å²) < 4.78 is 52.8. The van der Waals surface area contributed by atoms with Crippen LogP contribution in [0.5, 0.6) is 0 Å². The van der Waals surface area contributed by atoms with E-state index >= 15 is 8.78 Å². The molecule has 4 aromatic carbocycles. The van der Waals surface area contributed by atoms with E-state index in [0.717, 1.165) is 104 Å². The van der Waals surface area contributed by atoms with Crippen molar-refractivity contribution in [2.45, 2.75) is 90.5 Å². The molecule has 2 aliphatic heterocycles. The monoisotopic (exact) mass is 1020 g/mol. The number of imidazole rings is 2. The van der Waals surface area contributed by atoms with Crippen LogP contribution in [0.4, 0.5) is 8.78 Å². The zero-order chi connectivity index (χ0) is 53.2. The number of ether oxygens (including phenoxy) is 2. The highest BCUT2D eigenvalue weighted by atomic mass is 19.1. The van der Waals surface area contributed by atoms with E-state index < -0.39 is 22.8 Å². The lowest BCUT2D eigenvalue weighted by Crippen LogP contribution is -2.27. The topological polar surface area (TPSA) is 130 Å². The van der Waals surface area contributed by atoms with Gasteiger partial charge in [-0.05, 0) is 102 Å². The molecule has 14 heteroatoms. The van der Waals surface area contributed by atoms with E-state index in [1.807, 2.05) is 98.0 Å². The number of aliphatic hydroxyl groups is 2. The molecule has 2 atom stereocenters. The first-order valence-electron chi connectivity index (χ1n) is 26.4. The van der Waals surface area contributed by atoms with Crippen molar-refractivity contribution in [1.82, 2.24) is 38.2 Å². The molecule has 2 unspecified atom stereocenters. The fourth-order valence-electron chi connectivity index (χ4n) is 12.2. The lowest BCUT2D eigenvalue weighted by atomic mass is 9.86. The minimum absolute atomic E-state index is 0.128. The molecule has 2 saturated heterocycles. The smallest absolute Gasteiger partial charge is 0.153 e. The zero-order valence-electron chi connectivity index (χ0n) is 44.6. The summed E-state index contributed by atoms with van der Waals surface area (Å²) in [4.78, 5) is 18.8. The van der Waals surface area contributed by atoms with E-state index in [0.29, 0.717) is 37.5 Å². The minimum Gasteiger partial charge on any atom is -0.386 e. The van der Waals surface area contributed by atoms with Crippen molar-refractivity contribution >= 4 is 43.9 Å². The largest absolute Gasteiger partial charge is 0.386 e. The number of halogens is 2. The van der Waals surface area contributed by atoms with Gasteiger partial charge in [-0.3, -0.25) is 9.97 Å². The Bertz CT molecular complexity index is 3460. The summed E-state index contributed by atoms with van der Waals surface area (Å²) in [6, 6.07) is 31.8. The molecule has 0 amide bonds. The number of hydrogen-bond acceptors (Lipinski definition) is 8. The maximum Gasteiger partial charge on any atom is 0.153 e. The maximum absolute atomic E-state index is 16.6. The average Bonchev–Trinajstić information content (AvgIpc) is 4.16. The second kappa shape index (κ2) is 20.1. The molecule has 2 N–H and O–H groups in total. The van der Waals surface area contributed by atoms with Crippen molar-refractivity contribution in [3.8, 4) is 22.5 Å². The highest BCUT2D eigenvalue weighted by Gasteiger charge is 2.35. The molecule has 12 rings (SSSR count). The zero-order valence-corrected chi connectivity index (χ0v) is 44.6. The number of benzene rings is 4. The summed E-state index contributed by atoms with van der Waals surface area (Å²) in [6.07, 6.45) is 10.8. The summed E-state index contributed by atoms with van der Waals surface area (Å²) in [5.74, 6) is -0.312. The molecule has 10 aromatic rings. The molecule has 0 spiro atoms. The van der Waals surface area contributed by atoms with Crippen molar-refractivity contribution < 1.29 is 28.5 Å². The molecule has 0 aliphatic carbocycles. The van der Waals surface area contributed by atoms with E-state index in [2.05, 4.69) is 55.5 Å². The van der Waals surface area contributed by atoms with Crippen molar-refractivity contribution in [1.29, 1.82) is 0 Å². The number of aromatic nitrogens is 8. The molecule has 2 fully saturated rings. The van der Waals surface area contributed by atoms with Gasteiger partial charge in [-0.2, -0.15) is 0 Å². The Labute approximate surface area is 441 Å². The third-order valence-electron chi connectivity index (χ3n) is 15.8. The van der Waals surface area contributed by atoms with Gasteiger partial charge in [0.2, 0.25) is 0 Å². The first-order valence-corrected chi connectivity index (χ1v) is 26.4. The van der Waals surface area contributed by atoms with Gasteiger partial charge in [0.1, 0.15) is 0 Å². The van der Waals surface area contributed by atoms with Crippen LogP contribution in [-0.2, 0) is 34.8 Å². The molecule has 12 nitrogen and oxygen atoms in total. The van der Waals surface area contributed by atoms with Crippen LogP contribution in [0.3, 0.4) is 0 Å². The van der Waals surface area contributed by atoms with Crippen LogP contribution >= 0.6 is 0 Å². The van der Waals surface area contributed by atoms with Crippen molar-refractivity contribution in [3.05, 3.63) is 167 Å². The second-order valence-corrected chi connectivity index (χ2v) is 21.9. The van der Waals surface area contributed by atoms with Gasteiger partial charge in [0.25, 0.3) is 0 Å². The van der Waals surface area contributed by atoms with Gasteiger partial charge in [0.15, 0.2) is 11.6 Å². The Hall–Kier alpha value is -7.10. The number of aryl methyl sites for hydroxylation is 4. The SMILES string of the molecule is Cc1ncn(C)c1-c1cnc2c3ccc(C(C)(C)O)c(F)c3n(C(c3ccccc3)C3CCOCC3)c2c1.Cc1ncn(C)c1-c1cnc2c3ccc(C(C)(C)O)c(F)c3n(C(c3ccccc3)C3CCOCC3)c2c1. The Morgan fingerprint density at radius 3 is 1.24 bits per heavy atom. The van der Waals surface area contributed by atoms with E-state index in [4.69, 9.17) is 19.4 Å². The molecule has 6 aromatic heterocycles. The van der Waals surface area contributed by atoms with Gasteiger partial charge in [0.05, 0.1) is 91.8 Å². The normalized spacial score (nSPS) is 15.9. The summed E-state index contributed by atoms with van der Waals surface area (Å²) in [7, 11) is 3.94. The minimum atomic E-state index is -1.33. The van der Waals surface area contributed by atoms with Crippen LogP contribution in [0, 0.1) is 37.3 Å². The quantitative estimate of drug-likeness (QED) is 0.139. The molecule has 8 heterocycles. The Morgan fingerprint density at radius 1 is 0.539 bits per heavy atom. The first-order chi connectivity index (χ1) is 36.5. The molecule has 392 valence electrons. The molecule has 0 radical (unpaired) electrons. The fourth-order valence-corrected chi connectivity index (χ4v) is 12.2. The van der Waals surface area contributed by atoms with Gasteiger partial charge in [0, 0.05) is 85.9 Å². The van der Waals surface area contributed by atoms with Gasteiger partial charge in [-0.25, -0.2) is 18.7 Å². The van der Waals surface area contributed by atoms with E-state index in [9.17, 15) is 10.2 Å². The number of nitrogens with zero attached hydrogens (tertiary/aromatic N) is 8. The molecular formula is C62H66F2N8O4. The predicted octanol–water partition coefficient (Wildman–Crippen LogP) is 12.6. The third-order valence-corrected chi connectivity index (χ3v) is 15.8.